The van der Waals surface area contributed by atoms with E-state index >= 15 is 0 Å². The summed E-state index contributed by atoms with van der Waals surface area (Å²) in [4.78, 5) is 0. The van der Waals surface area contributed by atoms with Crippen molar-refractivity contribution in [1.29, 1.82) is 0 Å². The van der Waals surface area contributed by atoms with Gasteiger partial charge in [-0.1, -0.05) is 6.42 Å². The fraction of sp³-hybridized carbons (Fsp3) is 0.812. The van der Waals surface area contributed by atoms with Crippen LogP contribution in [0.25, 0.3) is 0 Å². The zero-order valence-electron chi connectivity index (χ0n) is 14.4. The van der Waals surface area contributed by atoms with Crippen molar-refractivity contribution in [2.45, 2.75) is 44.9 Å². The number of fused-ring (bicyclic) bond motifs is 1. The largest absolute Gasteiger partial charge is 0.386 e. The van der Waals surface area contributed by atoms with Gasteiger partial charge < -0.3 is 9.84 Å². The van der Waals surface area contributed by atoms with Crippen molar-refractivity contribution < 1.29 is 18.3 Å². The van der Waals surface area contributed by atoms with E-state index in [1.807, 2.05) is 10.7 Å². The van der Waals surface area contributed by atoms with Crippen LogP contribution in [0.15, 0.2) is 6.07 Å². The summed E-state index contributed by atoms with van der Waals surface area (Å²) < 4.78 is 36.0. The lowest BCUT2D eigenvalue weighted by molar-refractivity contribution is 0.0581. The van der Waals surface area contributed by atoms with Crippen molar-refractivity contribution in [2.75, 3.05) is 32.8 Å². The third-order valence-corrected chi connectivity index (χ3v) is 7.50. The Hall–Kier alpha value is -1.00. The zero-order chi connectivity index (χ0) is 17.4. The van der Waals surface area contributed by atoms with Crippen molar-refractivity contribution in [2.24, 2.45) is 5.92 Å². The lowest BCUT2D eigenvalue weighted by Crippen LogP contribution is -2.48. The summed E-state index contributed by atoms with van der Waals surface area (Å²) in [7, 11) is -3.49. The number of ether oxygens (including phenoxy) is 1. The van der Waals surface area contributed by atoms with Crippen molar-refractivity contribution in [1.82, 2.24) is 18.4 Å². The first-order chi connectivity index (χ1) is 12.1. The number of aryl methyl sites for hydroxylation is 1. The number of aliphatic hydroxyl groups is 1. The van der Waals surface area contributed by atoms with Gasteiger partial charge in [0.25, 0.3) is 10.2 Å². The maximum Gasteiger partial charge on any atom is 0.282 e. The van der Waals surface area contributed by atoms with Gasteiger partial charge in [-0.2, -0.15) is 22.1 Å². The molecule has 1 aromatic heterocycles. The van der Waals surface area contributed by atoms with Crippen LogP contribution >= 0.6 is 0 Å². The SMILES string of the molecule is O=S(=O)(N1CCOCC1)N1CCCn2nc([C@H](O)C3CCC3)cc2C1. The van der Waals surface area contributed by atoms with E-state index in [1.165, 1.54) is 10.7 Å². The average molecular weight is 370 g/mol. The van der Waals surface area contributed by atoms with Gasteiger partial charge in [-0.15, -0.1) is 0 Å². The second-order valence-corrected chi connectivity index (χ2v) is 9.05. The highest BCUT2D eigenvalue weighted by Crippen LogP contribution is 2.37. The Kier molecular flexibility index (Phi) is 4.85. The normalized spacial score (nSPS) is 25.2. The molecule has 3 heterocycles. The van der Waals surface area contributed by atoms with Crippen LogP contribution in [-0.4, -0.2) is 64.8 Å². The number of nitrogens with zero attached hydrogens (tertiary/aromatic N) is 4. The molecule has 0 bridgehead atoms. The zero-order valence-corrected chi connectivity index (χ0v) is 15.2. The van der Waals surface area contributed by atoms with E-state index in [2.05, 4.69) is 5.10 Å². The van der Waals surface area contributed by atoms with Gasteiger partial charge in [0.15, 0.2) is 0 Å². The van der Waals surface area contributed by atoms with Crippen LogP contribution in [0.4, 0.5) is 0 Å². The van der Waals surface area contributed by atoms with Crippen molar-refractivity contribution >= 4 is 10.2 Å². The lowest BCUT2D eigenvalue weighted by atomic mass is 9.80. The predicted octanol–water partition coefficient (Wildman–Crippen LogP) is 0.499. The van der Waals surface area contributed by atoms with Gasteiger partial charge in [-0.25, -0.2) is 0 Å². The molecule has 1 aliphatic carbocycles. The maximum absolute atomic E-state index is 12.9. The predicted molar refractivity (Wildman–Crippen MR) is 90.9 cm³/mol. The molecule has 4 rings (SSSR count). The molecule has 140 valence electrons. The minimum absolute atomic E-state index is 0.298. The van der Waals surface area contributed by atoms with Gasteiger partial charge in [0.05, 0.1) is 31.1 Å². The van der Waals surface area contributed by atoms with Crippen molar-refractivity contribution in [3.8, 4) is 0 Å². The fourth-order valence-electron chi connectivity index (χ4n) is 3.73. The van der Waals surface area contributed by atoms with E-state index in [-0.39, 0.29) is 0 Å². The Morgan fingerprint density at radius 1 is 1.12 bits per heavy atom. The Balaban J connectivity index is 1.53. The highest BCUT2D eigenvalue weighted by atomic mass is 32.2. The molecule has 0 unspecified atom stereocenters. The third-order valence-electron chi connectivity index (χ3n) is 5.52. The van der Waals surface area contributed by atoms with Gasteiger partial charge in [0.1, 0.15) is 6.10 Å². The summed E-state index contributed by atoms with van der Waals surface area (Å²) in [5.74, 6) is 0.298. The number of rotatable bonds is 4. The molecule has 0 aromatic carbocycles. The number of morpholine rings is 1. The summed E-state index contributed by atoms with van der Waals surface area (Å²) in [6, 6.07) is 1.89. The monoisotopic (exact) mass is 370 g/mol. The quantitative estimate of drug-likeness (QED) is 0.834. The third kappa shape index (κ3) is 3.35. The number of aliphatic hydroxyl groups excluding tert-OH is 1. The van der Waals surface area contributed by atoms with Crippen LogP contribution in [0.1, 0.15) is 43.2 Å². The van der Waals surface area contributed by atoms with E-state index in [1.54, 1.807) is 4.31 Å². The van der Waals surface area contributed by atoms with E-state index in [0.29, 0.717) is 57.5 Å². The van der Waals surface area contributed by atoms with E-state index in [0.717, 1.165) is 25.0 Å². The Labute approximate surface area is 148 Å². The standard InChI is InChI=1S/C16H26N4O4S/c21-16(13-3-1-4-13)15-11-14-12-19(5-2-6-20(14)17-15)25(22,23)18-7-9-24-10-8-18/h11,13,16,21H,1-10,12H2/t16-/m1/s1. The van der Waals surface area contributed by atoms with Crippen molar-refractivity contribution in [3.05, 3.63) is 17.5 Å². The molecule has 8 nitrogen and oxygen atoms in total. The van der Waals surface area contributed by atoms with E-state index < -0.39 is 16.3 Å². The van der Waals surface area contributed by atoms with Crippen LogP contribution in [0.2, 0.25) is 0 Å². The molecule has 3 aliphatic rings. The number of hydrogen-bond acceptors (Lipinski definition) is 5. The Bertz CT molecular complexity index is 710. The van der Waals surface area contributed by atoms with Crippen LogP contribution in [-0.2, 0) is 28.0 Å². The fourth-order valence-corrected chi connectivity index (χ4v) is 5.33. The van der Waals surface area contributed by atoms with Gasteiger partial charge in [0, 0.05) is 26.2 Å². The first-order valence-electron chi connectivity index (χ1n) is 9.13. The summed E-state index contributed by atoms with van der Waals surface area (Å²) in [6.07, 6.45) is 3.44. The summed E-state index contributed by atoms with van der Waals surface area (Å²) >= 11 is 0. The smallest absolute Gasteiger partial charge is 0.282 e. The van der Waals surface area contributed by atoms with Crippen LogP contribution in [0, 0.1) is 5.92 Å². The molecule has 0 amide bonds. The Morgan fingerprint density at radius 3 is 2.56 bits per heavy atom. The molecule has 9 heteroatoms. The van der Waals surface area contributed by atoms with E-state index in [9.17, 15) is 13.5 Å². The molecule has 1 N–H and O–H groups in total. The number of aromatic nitrogens is 2. The molecular weight excluding hydrogens is 344 g/mol. The van der Waals surface area contributed by atoms with Gasteiger partial charge in [-0.3, -0.25) is 4.68 Å². The van der Waals surface area contributed by atoms with Crippen molar-refractivity contribution in [3.63, 3.8) is 0 Å². The van der Waals surface area contributed by atoms with Crippen LogP contribution in [0.5, 0.6) is 0 Å². The summed E-state index contributed by atoms with van der Waals surface area (Å²) in [6.45, 7) is 3.19. The highest BCUT2D eigenvalue weighted by Gasteiger charge is 2.34. The minimum Gasteiger partial charge on any atom is -0.386 e. The summed E-state index contributed by atoms with van der Waals surface area (Å²) in [5, 5.41) is 15.0. The van der Waals surface area contributed by atoms with E-state index in [4.69, 9.17) is 4.74 Å². The molecule has 1 atom stereocenters. The van der Waals surface area contributed by atoms with Gasteiger partial charge in [-0.05, 0) is 31.2 Å². The number of hydrogen-bond donors (Lipinski definition) is 1. The molecule has 25 heavy (non-hydrogen) atoms. The molecular formula is C16H26N4O4S. The van der Waals surface area contributed by atoms with Gasteiger partial charge >= 0.3 is 0 Å². The average Bonchev–Trinajstić information content (AvgIpc) is 2.85. The van der Waals surface area contributed by atoms with Crippen LogP contribution < -0.4 is 0 Å². The molecule has 1 aromatic rings. The van der Waals surface area contributed by atoms with Crippen LogP contribution in [0.3, 0.4) is 0 Å². The second kappa shape index (κ2) is 6.96. The molecule has 2 fully saturated rings. The highest BCUT2D eigenvalue weighted by molar-refractivity contribution is 7.86. The maximum atomic E-state index is 12.9. The molecule has 1 saturated carbocycles. The Morgan fingerprint density at radius 2 is 1.88 bits per heavy atom. The molecule has 1 saturated heterocycles. The lowest BCUT2D eigenvalue weighted by Gasteiger charge is -2.31. The van der Waals surface area contributed by atoms with Gasteiger partial charge in [0.2, 0.25) is 0 Å². The molecule has 2 aliphatic heterocycles. The second-order valence-electron chi connectivity index (χ2n) is 7.13. The molecule has 0 spiro atoms. The molecule has 0 radical (unpaired) electrons. The first kappa shape index (κ1) is 17.4. The topological polar surface area (TPSA) is 87.9 Å². The first-order valence-corrected chi connectivity index (χ1v) is 10.5. The minimum atomic E-state index is -3.49. The summed E-state index contributed by atoms with van der Waals surface area (Å²) in [5.41, 5.74) is 1.55.